The van der Waals surface area contributed by atoms with E-state index in [1.54, 1.807) is 31.3 Å². The second kappa shape index (κ2) is 8.15. The summed E-state index contributed by atoms with van der Waals surface area (Å²) in [5.74, 6) is 0.627. The van der Waals surface area contributed by atoms with Gasteiger partial charge in [-0.05, 0) is 41.8 Å². The molecule has 2 aromatic rings. The first-order valence-electron chi connectivity index (χ1n) is 7.85. The van der Waals surface area contributed by atoms with Gasteiger partial charge in [0, 0.05) is 18.3 Å². The Kier molecular flexibility index (Phi) is 5.95. The zero-order valence-electron chi connectivity index (χ0n) is 14.1. The lowest BCUT2D eigenvalue weighted by Gasteiger charge is -2.13. The van der Waals surface area contributed by atoms with Crippen molar-refractivity contribution in [2.75, 3.05) is 19.0 Å². The molecule has 0 aliphatic rings. The molecule has 0 heterocycles. The van der Waals surface area contributed by atoms with Gasteiger partial charge in [-0.25, -0.2) is 0 Å². The van der Waals surface area contributed by atoms with Crippen molar-refractivity contribution in [2.24, 2.45) is 0 Å². The average Bonchev–Trinajstić information content (AvgIpc) is 2.60. The van der Waals surface area contributed by atoms with Gasteiger partial charge in [0.2, 0.25) is 0 Å². The molecule has 0 saturated heterocycles. The number of ether oxygens (including phenoxy) is 1. The number of para-hydroxylation sites is 1. The fraction of sp³-hybridized carbons (Fsp3) is 0.263. The van der Waals surface area contributed by atoms with Gasteiger partial charge in [0.25, 0.3) is 11.8 Å². The van der Waals surface area contributed by atoms with Crippen LogP contribution in [0.2, 0.25) is 0 Å². The highest BCUT2D eigenvalue weighted by molar-refractivity contribution is 5.95. The van der Waals surface area contributed by atoms with Crippen molar-refractivity contribution in [3.63, 3.8) is 0 Å². The highest BCUT2D eigenvalue weighted by Gasteiger charge is 2.10. The van der Waals surface area contributed by atoms with Gasteiger partial charge in [-0.1, -0.05) is 32.0 Å². The van der Waals surface area contributed by atoms with Crippen LogP contribution in [-0.2, 0) is 4.79 Å². The number of hydrogen-bond acceptors (Lipinski definition) is 3. The molecule has 126 valence electrons. The van der Waals surface area contributed by atoms with Crippen molar-refractivity contribution in [3.05, 3.63) is 59.7 Å². The maximum Gasteiger partial charge on any atom is 0.262 e. The number of nitrogens with one attached hydrogen (secondary N) is 2. The number of carbonyl (C=O) groups excluding carboxylic acids is 2. The smallest absolute Gasteiger partial charge is 0.262 e. The van der Waals surface area contributed by atoms with Crippen LogP contribution in [0.25, 0.3) is 0 Å². The van der Waals surface area contributed by atoms with Gasteiger partial charge in [0.15, 0.2) is 6.61 Å². The second-order valence-electron chi connectivity index (χ2n) is 5.69. The van der Waals surface area contributed by atoms with Gasteiger partial charge in [0.05, 0.1) is 0 Å². The first kappa shape index (κ1) is 17.5. The lowest BCUT2D eigenvalue weighted by atomic mass is 10.0. The molecule has 0 fully saturated rings. The van der Waals surface area contributed by atoms with E-state index in [1.807, 2.05) is 24.3 Å². The Hall–Kier alpha value is -2.82. The molecule has 5 heteroatoms. The molecular formula is C19H22N2O3. The topological polar surface area (TPSA) is 67.4 Å². The van der Waals surface area contributed by atoms with Gasteiger partial charge >= 0.3 is 0 Å². The first-order chi connectivity index (χ1) is 11.5. The molecule has 2 N–H and O–H groups in total. The van der Waals surface area contributed by atoms with E-state index in [2.05, 4.69) is 24.5 Å². The molecule has 0 atom stereocenters. The summed E-state index contributed by atoms with van der Waals surface area (Å²) in [6.07, 6.45) is 0. The van der Waals surface area contributed by atoms with E-state index in [-0.39, 0.29) is 18.4 Å². The summed E-state index contributed by atoms with van der Waals surface area (Å²) in [7, 11) is 1.57. The van der Waals surface area contributed by atoms with Crippen LogP contribution in [0.4, 0.5) is 5.69 Å². The summed E-state index contributed by atoms with van der Waals surface area (Å²) in [4.78, 5) is 23.5. The zero-order chi connectivity index (χ0) is 17.5. The van der Waals surface area contributed by atoms with Crippen molar-refractivity contribution in [2.45, 2.75) is 19.8 Å². The van der Waals surface area contributed by atoms with Crippen LogP contribution in [0.1, 0.15) is 35.7 Å². The minimum atomic E-state index is -0.249. The van der Waals surface area contributed by atoms with Crippen molar-refractivity contribution in [1.82, 2.24) is 5.32 Å². The van der Waals surface area contributed by atoms with Gasteiger partial charge in [-0.15, -0.1) is 0 Å². The molecule has 24 heavy (non-hydrogen) atoms. The third-order valence-electron chi connectivity index (χ3n) is 3.56. The fourth-order valence-electron chi connectivity index (χ4n) is 2.28. The second-order valence-corrected chi connectivity index (χ2v) is 5.69. The molecule has 0 spiro atoms. The highest BCUT2D eigenvalue weighted by atomic mass is 16.5. The quantitative estimate of drug-likeness (QED) is 0.857. The lowest BCUT2D eigenvalue weighted by Crippen LogP contribution is -2.21. The average molecular weight is 326 g/mol. The van der Waals surface area contributed by atoms with Crippen molar-refractivity contribution in [3.8, 4) is 5.75 Å². The maximum atomic E-state index is 12.0. The molecule has 2 rings (SSSR count). The molecule has 0 bridgehead atoms. The summed E-state index contributed by atoms with van der Waals surface area (Å²) in [6.45, 7) is 4.09. The van der Waals surface area contributed by atoms with Crippen LogP contribution < -0.4 is 15.4 Å². The fourth-order valence-corrected chi connectivity index (χ4v) is 2.28. The number of rotatable bonds is 6. The number of carbonyl (C=O) groups is 2. The minimum absolute atomic E-state index is 0.0685. The Morgan fingerprint density at radius 2 is 1.71 bits per heavy atom. The van der Waals surface area contributed by atoms with Crippen molar-refractivity contribution >= 4 is 17.5 Å². The van der Waals surface area contributed by atoms with Crippen LogP contribution in [0, 0.1) is 0 Å². The number of benzene rings is 2. The minimum Gasteiger partial charge on any atom is -0.483 e. The third kappa shape index (κ3) is 4.59. The highest BCUT2D eigenvalue weighted by Crippen LogP contribution is 2.25. The van der Waals surface area contributed by atoms with E-state index in [0.717, 1.165) is 11.3 Å². The molecule has 2 amide bonds. The first-order valence-corrected chi connectivity index (χ1v) is 7.85. The summed E-state index contributed by atoms with van der Waals surface area (Å²) >= 11 is 0. The van der Waals surface area contributed by atoms with E-state index in [9.17, 15) is 9.59 Å². The van der Waals surface area contributed by atoms with Crippen LogP contribution in [0.3, 0.4) is 0 Å². The van der Waals surface area contributed by atoms with E-state index in [4.69, 9.17) is 4.74 Å². The van der Waals surface area contributed by atoms with Crippen LogP contribution in [0.5, 0.6) is 5.75 Å². The Bertz CT molecular complexity index is 709. The van der Waals surface area contributed by atoms with Gasteiger partial charge in [-0.2, -0.15) is 0 Å². The number of hydrogen-bond donors (Lipinski definition) is 2. The Morgan fingerprint density at radius 3 is 2.33 bits per heavy atom. The summed E-state index contributed by atoms with van der Waals surface area (Å²) < 4.78 is 5.64. The molecule has 0 aliphatic heterocycles. The molecule has 0 aliphatic carbocycles. The van der Waals surface area contributed by atoms with E-state index >= 15 is 0 Å². The predicted molar refractivity (Wildman–Crippen MR) is 94.5 cm³/mol. The number of anilines is 1. The van der Waals surface area contributed by atoms with E-state index < -0.39 is 0 Å². The summed E-state index contributed by atoms with van der Waals surface area (Å²) in [6, 6.07) is 14.4. The molecule has 0 saturated carbocycles. The molecule has 5 nitrogen and oxygen atoms in total. The van der Waals surface area contributed by atoms with Gasteiger partial charge in [0.1, 0.15) is 5.75 Å². The van der Waals surface area contributed by atoms with Crippen molar-refractivity contribution < 1.29 is 14.3 Å². The molecule has 0 radical (unpaired) electrons. The van der Waals surface area contributed by atoms with E-state index in [0.29, 0.717) is 17.2 Å². The molecular weight excluding hydrogens is 304 g/mol. The molecule has 2 aromatic carbocycles. The van der Waals surface area contributed by atoms with Crippen molar-refractivity contribution in [1.29, 1.82) is 0 Å². The van der Waals surface area contributed by atoms with Gasteiger partial charge in [-0.3, -0.25) is 9.59 Å². The van der Waals surface area contributed by atoms with Crippen LogP contribution in [-0.4, -0.2) is 25.5 Å². The summed E-state index contributed by atoms with van der Waals surface area (Å²) in [5.41, 5.74) is 2.23. The standard InChI is InChI=1S/C19H22N2O3/c1-13(2)16-6-4-5-7-17(16)24-12-18(22)21-15-10-8-14(9-11-15)19(23)20-3/h4-11,13H,12H2,1-3H3,(H,20,23)(H,21,22). The van der Waals surface area contributed by atoms with E-state index in [1.165, 1.54) is 0 Å². The third-order valence-corrected chi connectivity index (χ3v) is 3.56. The predicted octanol–water partition coefficient (Wildman–Crippen LogP) is 3.19. The zero-order valence-corrected chi connectivity index (χ0v) is 14.1. The Morgan fingerprint density at radius 1 is 1.04 bits per heavy atom. The molecule has 0 unspecified atom stereocenters. The van der Waals surface area contributed by atoms with Crippen LogP contribution in [0.15, 0.2) is 48.5 Å². The maximum absolute atomic E-state index is 12.0. The lowest BCUT2D eigenvalue weighted by molar-refractivity contribution is -0.118. The largest absolute Gasteiger partial charge is 0.483 e. The Labute approximate surface area is 142 Å². The van der Waals surface area contributed by atoms with Crippen LogP contribution >= 0.6 is 0 Å². The molecule has 0 aromatic heterocycles. The monoisotopic (exact) mass is 326 g/mol. The number of amides is 2. The normalized spacial score (nSPS) is 10.3. The van der Waals surface area contributed by atoms with Gasteiger partial charge < -0.3 is 15.4 Å². The SMILES string of the molecule is CNC(=O)c1ccc(NC(=O)COc2ccccc2C(C)C)cc1. The Balaban J connectivity index is 1.93. The summed E-state index contributed by atoms with van der Waals surface area (Å²) in [5, 5.41) is 5.30.